The molecule has 3 aromatic rings. The van der Waals surface area contributed by atoms with Crippen LogP contribution in [-0.2, 0) is 20.6 Å². The maximum Gasteiger partial charge on any atom is 0.356 e. The number of esters is 1. The highest BCUT2D eigenvalue weighted by Gasteiger charge is 2.18. The summed E-state index contributed by atoms with van der Waals surface area (Å²) in [7, 11) is 4.48. The first-order valence-electron chi connectivity index (χ1n) is 7.22. The fourth-order valence-corrected chi connectivity index (χ4v) is 2.69. The molecule has 6 nitrogen and oxygen atoms in total. The number of methoxy groups -OCH3 is 3. The van der Waals surface area contributed by atoms with Crippen molar-refractivity contribution in [3.63, 3.8) is 0 Å². The molecule has 3 rings (SSSR count). The summed E-state index contributed by atoms with van der Waals surface area (Å²) in [5, 5.41) is 1.96. The highest BCUT2D eigenvalue weighted by atomic mass is 16.7. The van der Waals surface area contributed by atoms with E-state index >= 15 is 0 Å². The molecule has 120 valence electrons. The number of nitrogens with one attached hydrogen (secondary N) is 1. The number of aromatic nitrogens is 2. The molecule has 0 atom stereocenters. The van der Waals surface area contributed by atoms with Crippen molar-refractivity contribution < 1.29 is 19.0 Å². The molecule has 6 heteroatoms. The summed E-state index contributed by atoms with van der Waals surface area (Å²) in [5.41, 5.74) is 2.83. The first-order chi connectivity index (χ1) is 11.2. The third kappa shape index (κ3) is 2.78. The Bertz CT molecular complexity index is 852. The van der Waals surface area contributed by atoms with Gasteiger partial charge in [-0.2, -0.15) is 0 Å². The molecular weight excluding hydrogens is 296 g/mol. The van der Waals surface area contributed by atoms with E-state index in [-0.39, 0.29) is 5.69 Å². The standard InChI is InChI=1S/C17H18N2O4/c1-21-15(22-2)9-13-16-11(8-14(18-13)17(20)23-3)10-6-4-5-7-12(10)19-16/h4-8,15,19H,9H2,1-3H3. The zero-order chi connectivity index (χ0) is 16.4. The van der Waals surface area contributed by atoms with E-state index in [9.17, 15) is 4.79 Å². The van der Waals surface area contributed by atoms with Crippen molar-refractivity contribution in [1.82, 2.24) is 9.97 Å². The monoisotopic (exact) mass is 314 g/mol. The van der Waals surface area contributed by atoms with Crippen molar-refractivity contribution in [2.24, 2.45) is 0 Å². The number of carbonyl (C=O) groups is 1. The van der Waals surface area contributed by atoms with Gasteiger partial charge in [0, 0.05) is 36.9 Å². The molecule has 0 aliphatic carbocycles. The Morgan fingerprint density at radius 1 is 1.17 bits per heavy atom. The molecule has 0 amide bonds. The van der Waals surface area contributed by atoms with E-state index in [4.69, 9.17) is 14.2 Å². The minimum absolute atomic E-state index is 0.269. The van der Waals surface area contributed by atoms with Crippen LogP contribution in [-0.4, -0.2) is 43.6 Å². The smallest absolute Gasteiger partial charge is 0.356 e. The van der Waals surface area contributed by atoms with Gasteiger partial charge in [-0.25, -0.2) is 9.78 Å². The number of pyridine rings is 1. The van der Waals surface area contributed by atoms with Gasteiger partial charge in [0.1, 0.15) is 5.69 Å². The number of carbonyl (C=O) groups excluding carboxylic acids is 1. The Labute approximate surface area is 133 Å². The lowest BCUT2D eigenvalue weighted by molar-refractivity contribution is -0.101. The Morgan fingerprint density at radius 3 is 2.61 bits per heavy atom. The van der Waals surface area contributed by atoms with Crippen LogP contribution < -0.4 is 0 Å². The molecule has 2 aromatic heterocycles. The Morgan fingerprint density at radius 2 is 1.91 bits per heavy atom. The summed E-state index contributed by atoms with van der Waals surface area (Å²) in [6.07, 6.45) is -0.0220. The molecule has 23 heavy (non-hydrogen) atoms. The van der Waals surface area contributed by atoms with Crippen molar-refractivity contribution >= 4 is 27.8 Å². The largest absolute Gasteiger partial charge is 0.464 e. The number of H-pyrrole nitrogens is 1. The van der Waals surface area contributed by atoms with Crippen molar-refractivity contribution in [2.45, 2.75) is 12.7 Å². The molecule has 0 bridgehead atoms. The second-order valence-corrected chi connectivity index (χ2v) is 5.14. The minimum Gasteiger partial charge on any atom is -0.464 e. The fraction of sp³-hybridized carbons (Fsp3) is 0.294. The first-order valence-corrected chi connectivity index (χ1v) is 7.22. The van der Waals surface area contributed by atoms with Crippen molar-refractivity contribution in [3.8, 4) is 0 Å². The number of ether oxygens (including phenoxy) is 3. The predicted octanol–water partition coefficient (Wildman–Crippen LogP) is 2.66. The Hall–Kier alpha value is -2.44. The second-order valence-electron chi connectivity index (χ2n) is 5.14. The van der Waals surface area contributed by atoms with Crippen LogP contribution >= 0.6 is 0 Å². The van der Waals surface area contributed by atoms with Crippen LogP contribution in [0.2, 0.25) is 0 Å². The molecule has 2 heterocycles. The summed E-state index contributed by atoms with van der Waals surface area (Å²) >= 11 is 0. The third-order valence-electron chi connectivity index (χ3n) is 3.85. The average molecular weight is 314 g/mol. The normalized spacial score (nSPS) is 11.5. The minimum atomic E-state index is -0.468. The Kier molecular flexibility index (Phi) is 4.27. The van der Waals surface area contributed by atoms with Crippen LogP contribution in [0.5, 0.6) is 0 Å². The lowest BCUT2D eigenvalue weighted by Crippen LogP contribution is -2.18. The van der Waals surface area contributed by atoms with Gasteiger partial charge in [-0.3, -0.25) is 0 Å². The van der Waals surface area contributed by atoms with Crippen LogP contribution in [0.15, 0.2) is 30.3 Å². The van der Waals surface area contributed by atoms with Gasteiger partial charge >= 0.3 is 5.97 Å². The molecule has 0 radical (unpaired) electrons. The van der Waals surface area contributed by atoms with Crippen LogP contribution in [0, 0.1) is 0 Å². The molecule has 0 saturated heterocycles. The molecular formula is C17H18N2O4. The van der Waals surface area contributed by atoms with Crippen molar-refractivity contribution in [2.75, 3.05) is 21.3 Å². The molecule has 0 spiro atoms. The van der Waals surface area contributed by atoms with E-state index < -0.39 is 12.3 Å². The third-order valence-corrected chi connectivity index (χ3v) is 3.85. The number of benzene rings is 1. The number of rotatable bonds is 5. The van der Waals surface area contributed by atoms with E-state index in [0.29, 0.717) is 12.1 Å². The maximum atomic E-state index is 11.9. The lowest BCUT2D eigenvalue weighted by atomic mass is 10.1. The highest BCUT2D eigenvalue weighted by molar-refractivity contribution is 6.09. The summed E-state index contributed by atoms with van der Waals surface area (Å²) < 4.78 is 15.3. The summed E-state index contributed by atoms with van der Waals surface area (Å²) in [6, 6.07) is 9.65. The summed E-state index contributed by atoms with van der Waals surface area (Å²) in [6.45, 7) is 0. The quantitative estimate of drug-likeness (QED) is 0.579. The number of para-hydroxylation sites is 1. The topological polar surface area (TPSA) is 73.4 Å². The van der Waals surface area contributed by atoms with E-state index in [1.807, 2.05) is 24.3 Å². The summed E-state index contributed by atoms with van der Waals surface area (Å²) in [5.74, 6) is -0.468. The van der Waals surface area contributed by atoms with E-state index in [1.54, 1.807) is 20.3 Å². The SMILES string of the molecule is COC(=O)c1cc2c([nH]c3ccccc32)c(CC(OC)OC)n1. The molecule has 0 saturated carbocycles. The number of hydrogen-bond donors (Lipinski definition) is 1. The zero-order valence-electron chi connectivity index (χ0n) is 13.3. The Balaban J connectivity index is 2.24. The lowest BCUT2D eigenvalue weighted by Gasteiger charge is -2.13. The van der Waals surface area contributed by atoms with Crippen molar-refractivity contribution in [1.29, 1.82) is 0 Å². The van der Waals surface area contributed by atoms with Gasteiger partial charge in [0.2, 0.25) is 0 Å². The van der Waals surface area contributed by atoms with Gasteiger partial charge in [0.25, 0.3) is 0 Å². The van der Waals surface area contributed by atoms with Crippen LogP contribution in [0.3, 0.4) is 0 Å². The van der Waals surface area contributed by atoms with Crippen LogP contribution in [0.1, 0.15) is 16.2 Å². The number of hydrogen-bond acceptors (Lipinski definition) is 5. The molecule has 0 fully saturated rings. The van der Waals surface area contributed by atoms with E-state index in [1.165, 1.54) is 7.11 Å². The molecule has 1 aromatic carbocycles. The zero-order valence-corrected chi connectivity index (χ0v) is 13.3. The first kappa shape index (κ1) is 15.5. The fourth-order valence-electron chi connectivity index (χ4n) is 2.69. The van der Waals surface area contributed by atoms with Gasteiger partial charge in [0.15, 0.2) is 6.29 Å². The van der Waals surface area contributed by atoms with Gasteiger partial charge in [-0.1, -0.05) is 18.2 Å². The summed E-state index contributed by atoms with van der Waals surface area (Å²) in [4.78, 5) is 19.7. The maximum absolute atomic E-state index is 11.9. The molecule has 1 N–H and O–H groups in total. The molecule has 0 aliphatic heterocycles. The number of aromatic amines is 1. The van der Waals surface area contributed by atoms with Gasteiger partial charge in [-0.15, -0.1) is 0 Å². The molecule has 0 aliphatic rings. The van der Waals surface area contributed by atoms with Crippen LogP contribution in [0.25, 0.3) is 21.8 Å². The predicted molar refractivity (Wildman–Crippen MR) is 86.4 cm³/mol. The van der Waals surface area contributed by atoms with Crippen LogP contribution in [0.4, 0.5) is 0 Å². The average Bonchev–Trinajstić information content (AvgIpc) is 2.97. The number of nitrogens with zero attached hydrogens (tertiary/aromatic N) is 1. The van der Waals surface area contributed by atoms with Gasteiger partial charge < -0.3 is 19.2 Å². The second kappa shape index (κ2) is 6.36. The van der Waals surface area contributed by atoms with Gasteiger partial charge in [-0.05, 0) is 12.1 Å². The van der Waals surface area contributed by atoms with Gasteiger partial charge in [0.05, 0.1) is 18.3 Å². The number of fused-ring (bicyclic) bond motifs is 3. The molecule has 0 unspecified atom stereocenters. The highest BCUT2D eigenvalue weighted by Crippen LogP contribution is 2.28. The van der Waals surface area contributed by atoms with E-state index in [0.717, 1.165) is 21.8 Å². The van der Waals surface area contributed by atoms with Crippen molar-refractivity contribution in [3.05, 3.63) is 41.7 Å². The van der Waals surface area contributed by atoms with E-state index in [2.05, 4.69) is 9.97 Å².